The van der Waals surface area contributed by atoms with Crippen molar-refractivity contribution in [3.05, 3.63) is 89.8 Å². The Bertz CT molecular complexity index is 1270. The lowest BCUT2D eigenvalue weighted by Crippen LogP contribution is -2.44. The number of benzene rings is 2. The van der Waals surface area contributed by atoms with Gasteiger partial charge in [-0.2, -0.15) is 5.10 Å². The summed E-state index contributed by atoms with van der Waals surface area (Å²) < 4.78 is 12.7. The van der Waals surface area contributed by atoms with Crippen LogP contribution in [0.5, 0.6) is 5.75 Å². The van der Waals surface area contributed by atoms with Gasteiger partial charge >= 0.3 is 0 Å². The lowest BCUT2D eigenvalue weighted by molar-refractivity contribution is 0.0901. The van der Waals surface area contributed by atoms with Crippen LogP contribution >= 0.6 is 0 Å². The number of rotatable bonds is 7. The first-order chi connectivity index (χ1) is 17.1. The molecule has 2 aromatic carbocycles. The van der Waals surface area contributed by atoms with Crippen molar-refractivity contribution in [3.63, 3.8) is 0 Å². The average molecular weight is 471 g/mol. The third-order valence-corrected chi connectivity index (χ3v) is 6.42. The van der Waals surface area contributed by atoms with Gasteiger partial charge in [0.1, 0.15) is 22.9 Å². The molecular weight excluding hydrogens is 440 g/mol. The summed E-state index contributed by atoms with van der Waals surface area (Å²) in [6.45, 7) is 4.74. The highest BCUT2D eigenvalue weighted by Gasteiger charge is 2.24. The van der Waals surface area contributed by atoms with Crippen molar-refractivity contribution < 1.29 is 13.9 Å². The highest BCUT2D eigenvalue weighted by atomic mass is 16.5. The van der Waals surface area contributed by atoms with Crippen LogP contribution in [0.2, 0.25) is 0 Å². The SMILES string of the molecule is COc1ccc(-n2nc(-c3ccc(C)o3)cc2C(=O)NC2CCN(Cc3ccccc3)CC2)cc1. The number of furan rings is 1. The molecule has 0 bridgehead atoms. The quantitative estimate of drug-likeness (QED) is 0.418. The summed E-state index contributed by atoms with van der Waals surface area (Å²) in [5, 5.41) is 7.95. The first-order valence-corrected chi connectivity index (χ1v) is 12.0. The zero-order valence-electron chi connectivity index (χ0n) is 20.1. The third kappa shape index (κ3) is 5.30. The van der Waals surface area contributed by atoms with Gasteiger partial charge in [0.05, 0.1) is 12.8 Å². The maximum atomic E-state index is 13.4. The summed E-state index contributed by atoms with van der Waals surface area (Å²) in [4.78, 5) is 15.9. The third-order valence-electron chi connectivity index (χ3n) is 6.42. The van der Waals surface area contributed by atoms with Crippen LogP contribution in [0, 0.1) is 6.92 Å². The van der Waals surface area contributed by atoms with Crippen LogP contribution in [0.25, 0.3) is 17.1 Å². The van der Waals surface area contributed by atoms with E-state index in [1.54, 1.807) is 17.9 Å². The summed E-state index contributed by atoms with van der Waals surface area (Å²) in [5.41, 5.74) is 3.20. The topological polar surface area (TPSA) is 72.5 Å². The summed E-state index contributed by atoms with van der Waals surface area (Å²) >= 11 is 0. The number of likely N-dealkylation sites (tertiary alicyclic amines) is 1. The molecule has 0 atom stereocenters. The molecule has 2 aromatic heterocycles. The molecule has 7 nitrogen and oxygen atoms in total. The van der Waals surface area contributed by atoms with E-state index in [2.05, 4.69) is 34.5 Å². The number of hydrogen-bond acceptors (Lipinski definition) is 5. The Balaban J connectivity index is 1.31. The van der Waals surface area contributed by atoms with Gasteiger partial charge in [-0.1, -0.05) is 30.3 Å². The average Bonchev–Trinajstić information content (AvgIpc) is 3.53. The smallest absolute Gasteiger partial charge is 0.270 e. The van der Waals surface area contributed by atoms with Crippen LogP contribution in [-0.4, -0.2) is 46.8 Å². The van der Waals surface area contributed by atoms with Crippen molar-refractivity contribution in [1.29, 1.82) is 0 Å². The Hall–Kier alpha value is -3.84. The fourth-order valence-corrected chi connectivity index (χ4v) is 4.49. The fourth-order valence-electron chi connectivity index (χ4n) is 4.49. The fraction of sp³-hybridized carbons (Fsp3) is 0.286. The number of ether oxygens (including phenoxy) is 1. The van der Waals surface area contributed by atoms with E-state index < -0.39 is 0 Å². The number of carbonyl (C=O) groups is 1. The number of carbonyl (C=O) groups excluding carboxylic acids is 1. The van der Waals surface area contributed by atoms with Crippen LogP contribution in [0.3, 0.4) is 0 Å². The summed E-state index contributed by atoms with van der Waals surface area (Å²) in [5.74, 6) is 2.05. The van der Waals surface area contributed by atoms with E-state index in [-0.39, 0.29) is 11.9 Å². The Morgan fingerprint density at radius 3 is 2.46 bits per heavy atom. The summed E-state index contributed by atoms with van der Waals surface area (Å²) in [6, 6.07) is 23.7. The van der Waals surface area contributed by atoms with Crippen LogP contribution in [0.4, 0.5) is 0 Å². The van der Waals surface area contributed by atoms with Gasteiger partial charge in [0, 0.05) is 31.7 Å². The molecule has 0 spiro atoms. The molecule has 1 fully saturated rings. The van der Waals surface area contributed by atoms with Gasteiger partial charge < -0.3 is 14.5 Å². The molecular formula is C28H30N4O3. The zero-order chi connectivity index (χ0) is 24.2. The molecule has 0 saturated carbocycles. The lowest BCUT2D eigenvalue weighted by Gasteiger charge is -2.32. The molecule has 1 amide bonds. The second kappa shape index (κ2) is 10.2. The molecule has 180 valence electrons. The normalized spacial score (nSPS) is 14.7. The van der Waals surface area contributed by atoms with Crippen molar-refractivity contribution >= 4 is 5.91 Å². The summed E-state index contributed by atoms with van der Waals surface area (Å²) in [7, 11) is 1.63. The van der Waals surface area contributed by atoms with E-state index in [9.17, 15) is 4.79 Å². The number of nitrogens with zero attached hydrogens (tertiary/aromatic N) is 3. The molecule has 3 heterocycles. The molecule has 35 heavy (non-hydrogen) atoms. The molecule has 1 aliphatic heterocycles. The monoisotopic (exact) mass is 470 g/mol. The van der Waals surface area contributed by atoms with Gasteiger partial charge in [-0.15, -0.1) is 0 Å². The van der Waals surface area contributed by atoms with Crippen molar-refractivity contribution in [2.75, 3.05) is 20.2 Å². The van der Waals surface area contributed by atoms with Crippen molar-refractivity contribution in [2.45, 2.75) is 32.4 Å². The van der Waals surface area contributed by atoms with Crippen molar-refractivity contribution in [2.24, 2.45) is 0 Å². The number of methoxy groups -OCH3 is 1. The second-order valence-corrected chi connectivity index (χ2v) is 8.94. The zero-order valence-corrected chi connectivity index (χ0v) is 20.1. The number of piperidine rings is 1. The minimum absolute atomic E-state index is 0.128. The highest BCUT2D eigenvalue weighted by Crippen LogP contribution is 2.25. The molecule has 0 aliphatic carbocycles. The maximum absolute atomic E-state index is 13.4. The molecule has 4 aromatic rings. The van der Waals surface area contributed by atoms with Crippen LogP contribution < -0.4 is 10.1 Å². The van der Waals surface area contributed by atoms with Crippen molar-refractivity contribution in [1.82, 2.24) is 20.0 Å². The predicted octanol–water partition coefficient (Wildman–Crippen LogP) is 4.84. The molecule has 0 unspecified atom stereocenters. The molecule has 1 saturated heterocycles. The molecule has 7 heteroatoms. The standard InChI is InChI=1S/C28H30N4O3/c1-20-8-13-27(35-20)25-18-26(32(30-25)23-9-11-24(34-2)12-10-23)28(33)29-22-14-16-31(17-15-22)19-21-6-4-3-5-7-21/h3-13,18,22H,14-17,19H2,1-2H3,(H,29,33). The maximum Gasteiger partial charge on any atom is 0.270 e. The number of amides is 1. The van der Waals surface area contributed by atoms with Crippen LogP contribution in [0.15, 0.2) is 77.2 Å². The van der Waals surface area contributed by atoms with E-state index >= 15 is 0 Å². The first kappa shape index (κ1) is 22.9. The van der Waals surface area contributed by atoms with E-state index in [1.165, 1.54) is 5.56 Å². The number of hydrogen-bond donors (Lipinski definition) is 1. The van der Waals surface area contributed by atoms with Crippen LogP contribution in [-0.2, 0) is 6.54 Å². The molecule has 5 rings (SSSR count). The number of aromatic nitrogens is 2. The lowest BCUT2D eigenvalue weighted by atomic mass is 10.0. The van der Waals surface area contributed by atoms with Gasteiger partial charge in [-0.05, 0) is 61.7 Å². The second-order valence-electron chi connectivity index (χ2n) is 8.94. The Kier molecular flexibility index (Phi) is 6.68. The van der Waals surface area contributed by atoms with Gasteiger partial charge in [0.2, 0.25) is 0 Å². The molecule has 0 radical (unpaired) electrons. The van der Waals surface area contributed by atoms with E-state index in [4.69, 9.17) is 14.3 Å². The largest absolute Gasteiger partial charge is 0.497 e. The van der Waals surface area contributed by atoms with E-state index in [0.717, 1.165) is 49.7 Å². The number of aryl methyl sites for hydroxylation is 1. The Morgan fingerprint density at radius 2 is 1.80 bits per heavy atom. The Morgan fingerprint density at radius 1 is 1.06 bits per heavy atom. The predicted molar refractivity (Wildman–Crippen MR) is 135 cm³/mol. The summed E-state index contributed by atoms with van der Waals surface area (Å²) in [6.07, 6.45) is 1.83. The molecule has 1 aliphatic rings. The van der Waals surface area contributed by atoms with Crippen molar-refractivity contribution in [3.8, 4) is 22.9 Å². The van der Waals surface area contributed by atoms with Gasteiger partial charge in [-0.3, -0.25) is 9.69 Å². The first-order valence-electron chi connectivity index (χ1n) is 12.0. The molecule has 1 N–H and O–H groups in total. The van der Waals surface area contributed by atoms with Gasteiger partial charge in [-0.25, -0.2) is 4.68 Å². The van der Waals surface area contributed by atoms with E-state index in [1.807, 2.05) is 49.4 Å². The highest BCUT2D eigenvalue weighted by molar-refractivity contribution is 5.94. The Labute approximate surface area is 205 Å². The number of nitrogens with one attached hydrogen (secondary N) is 1. The van der Waals surface area contributed by atoms with Gasteiger partial charge in [0.25, 0.3) is 5.91 Å². The van der Waals surface area contributed by atoms with E-state index in [0.29, 0.717) is 17.1 Å². The van der Waals surface area contributed by atoms with Gasteiger partial charge in [0.15, 0.2) is 5.76 Å². The minimum atomic E-state index is -0.135. The minimum Gasteiger partial charge on any atom is -0.497 e. The van der Waals surface area contributed by atoms with Crippen LogP contribution in [0.1, 0.15) is 34.7 Å².